The Labute approximate surface area is 101 Å². The zero-order valence-corrected chi connectivity index (χ0v) is 9.91. The van der Waals surface area contributed by atoms with Gasteiger partial charge in [-0.05, 0) is 19.2 Å². The SMILES string of the molecule is CNCCC#Cc1cc(C=O)cc(OC)c1O. The van der Waals surface area contributed by atoms with Gasteiger partial charge < -0.3 is 15.2 Å². The van der Waals surface area contributed by atoms with Gasteiger partial charge in [0.1, 0.15) is 6.29 Å². The second-order valence-electron chi connectivity index (χ2n) is 3.39. The maximum Gasteiger partial charge on any atom is 0.173 e. The van der Waals surface area contributed by atoms with E-state index in [4.69, 9.17) is 4.74 Å². The molecule has 0 heterocycles. The van der Waals surface area contributed by atoms with E-state index < -0.39 is 0 Å². The molecule has 0 spiro atoms. The van der Waals surface area contributed by atoms with E-state index in [1.807, 2.05) is 7.05 Å². The van der Waals surface area contributed by atoms with Crippen molar-refractivity contribution in [1.29, 1.82) is 0 Å². The first kappa shape index (κ1) is 13.1. The Morgan fingerprint density at radius 2 is 2.29 bits per heavy atom. The topological polar surface area (TPSA) is 58.6 Å². The van der Waals surface area contributed by atoms with Gasteiger partial charge in [-0.1, -0.05) is 11.8 Å². The summed E-state index contributed by atoms with van der Waals surface area (Å²) in [7, 11) is 3.27. The van der Waals surface area contributed by atoms with Crippen LogP contribution in [0, 0.1) is 11.8 Å². The molecule has 1 rings (SSSR count). The van der Waals surface area contributed by atoms with Gasteiger partial charge in [0.15, 0.2) is 11.5 Å². The summed E-state index contributed by atoms with van der Waals surface area (Å²) < 4.78 is 4.97. The zero-order valence-electron chi connectivity index (χ0n) is 9.91. The van der Waals surface area contributed by atoms with E-state index in [1.165, 1.54) is 19.2 Å². The Bertz CT molecular complexity index is 458. The minimum Gasteiger partial charge on any atom is -0.503 e. The summed E-state index contributed by atoms with van der Waals surface area (Å²) in [4.78, 5) is 10.7. The number of ether oxygens (including phenoxy) is 1. The van der Waals surface area contributed by atoms with Crippen LogP contribution in [0.4, 0.5) is 0 Å². The molecule has 0 aromatic heterocycles. The van der Waals surface area contributed by atoms with E-state index in [9.17, 15) is 9.90 Å². The second kappa shape index (κ2) is 6.56. The highest BCUT2D eigenvalue weighted by molar-refractivity contribution is 5.78. The molecular formula is C13H15NO3. The molecule has 17 heavy (non-hydrogen) atoms. The lowest BCUT2D eigenvalue weighted by molar-refractivity contribution is 0.112. The Kier molecular flexibility index (Phi) is 5.05. The van der Waals surface area contributed by atoms with E-state index in [0.717, 1.165) is 6.54 Å². The van der Waals surface area contributed by atoms with Gasteiger partial charge in [0.2, 0.25) is 0 Å². The van der Waals surface area contributed by atoms with Crippen LogP contribution in [0.3, 0.4) is 0 Å². The van der Waals surface area contributed by atoms with Crippen LogP contribution in [0.15, 0.2) is 12.1 Å². The highest BCUT2D eigenvalue weighted by atomic mass is 16.5. The first-order chi connectivity index (χ1) is 8.22. The Morgan fingerprint density at radius 1 is 1.53 bits per heavy atom. The number of benzene rings is 1. The van der Waals surface area contributed by atoms with Crippen LogP contribution in [0.2, 0.25) is 0 Å². The lowest BCUT2D eigenvalue weighted by Gasteiger charge is -2.05. The van der Waals surface area contributed by atoms with Gasteiger partial charge in [-0.3, -0.25) is 4.79 Å². The molecule has 0 saturated heterocycles. The molecule has 2 N–H and O–H groups in total. The van der Waals surface area contributed by atoms with E-state index in [0.29, 0.717) is 23.8 Å². The summed E-state index contributed by atoms with van der Waals surface area (Å²) in [6.45, 7) is 0.776. The molecule has 1 aromatic rings. The number of aromatic hydroxyl groups is 1. The van der Waals surface area contributed by atoms with Crippen LogP contribution < -0.4 is 10.1 Å². The van der Waals surface area contributed by atoms with E-state index in [2.05, 4.69) is 17.2 Å². The summed E-state index contributed by atoms with van der Waals surface area (Å²) in [5.74, 6) is 5.94. The molecule has 0 saturated carbocycles. The maximum absolute atomic E-state index is 10.7. The molecule has 0 bridgehead atoms. The van der Waals surface area contributed by atoms with E-state index in [-0.39, 0.29) is 11.5 Å². The van der Waals surface area contributed by atoms with Gasteiger partial charge in [0, 0.05) is 18.5 Å². The van der Waals surface area contributed by atoms with Crippen molar-refractivity contribution in [1.82, 2.24) is 5.32 Å². The van der Waals surface area contributed by atoms with Crippen molar-refractivity contribution in [3.8, 4) is 23.3 Å². The molecule has 4 nitrogen and oxygen atoms in total. The first-order valence-corrected chi connectivity index (χ1v) is 5.22. The third kappa shape index (κ3) is 3.51. The number of aldehydes is 1. The van der Waals surface area contributed by atoms with Gasteiger partial charge in [-0.25, -0.2) is 0 Å². The summed E-state index contributed by atoms with van der Waals surface area (Å²) in [6.07, 6.45) is 1.37. The van der Waals surface area contributed by atoms with Crippen molar-refractivity contribution in [3.05, 3.63) is 23.3 Å². The maximum atomic E-state index is 10.7. The third-order valence-electron chi connectivity index (χ3n) is 2.18. The zero-order chi connectivity index (χ0) is 12.7. The quantitative estimate of drug-likeness (QED) is 0.465. The predicted molar refractivity (Wildman–Crippen MR) is 65.5 cm³/mol. The monoisotopic (exact) mass is 233 g/mol. The van der Waals surface area contributed by atoms with Crippen molar-refractivity contribution < 1.29 is 14.6 Å². The average Bonchev–Trinajstić information content (AvgIpc) is 2.36. The Balaban J connectivity index is 3.03. The second-order valence-corrected chi connectivity index (χ2v) is 3.39. The number of nitrogens with one attached hydrogen (secondary N) is 1. The molecule has 0 aliphatic carbocycles. The summed E-state index contributed by atoms with van der Waals surface area (Å²) in [6, 6.07) is 3.01. The molecular weight excluding hydrogens is 218 g/mol. The van der Waals surface area contributed by atoms with Crippen molar-refractivity contribution >= 4 is 6.29 Å². The van der Waals surface area contributed by atoms with Gasteiger partial charge in [0.25, 0.3) is 0 Å². The number of phenolic OH excluding ortho intramolecular Hbond substituents is 1. The Morgan fingerprint density at radius 3 is 2.88 bits per heavy atom. The Hall–Kier alpha value is -1.99. The fourth-order valence-corrected chi connectivity index (χ4v) is 1.29. The molecule has 90 valence electrons. The average molecular weight is 233 g/mol. The molecule has 0 unspecified atom stereocenters. The molecule has 0 aliphatic rings. The fraction of sp³-hybridized carbons (Fsp3) is 0.308. The molecule has 4 heteroatoms. The van der Waals surface area contributed by atoms with Gasteiger partial charge in [-0.15, -0.1) is 0 Å². The first-order valence-electron chi connectivity index (χ1n) is 5.22. The molecule has 0 atom stereocenters. The van der Waals surface area contributed by atoms with E-state index in [1.54, 1.807) is 0 Å². The number of hydrogen-bond donors (Lipinski definition) is 2. The minimum absolute atomic E-state index is 0.0324. The number of rotatable bonds is 4. The third-order valence-corrected chi connectivity index (χ3v) is 2.18. The number of carbonyl (C=O) groups is 1. The highest BCUT2D eigenvalue weighted by Crippen LogP contribution is 2.30. The number of phenols is 1. The molecule has 0 radical (unpaired) electrons. The van der Waals surface area contributed by atoms with Crippen LogP contribution in [-0.2, 0) is 0 Å². The normalized spacial score (nSPS) is 9.29. The van der Waals surface area contributed by atoms with Gasteiger partial charge in [0.05, 0.1) is 12.7 Å². The smallest absolute Gasteiger partial charge is 0.173 e. The van der Waals surface area contributed by atoms with Crippen LogP contribution >= 0.6 is 0 Å². The number of hydrogen-bond acceptors (Lipinski definition) is 4. The number of methoxy groups -OCH3 is 1. The lowest BCUT2D eigenvalue weighted by Crippen LogP contribution is -2.05. The summed E-state index contributed by atoms with van der Waals surface area (Å²) in [5.41, 5.74) is 0.833. The largest absolute Gasteiger partial charge is 0.503 e. The van der Waals surface area contributed by atoms with Crippen LogP contribution in [0.25, 0.3) is 0 Å². The van der Waals surface area contributed by atoms with E-state index >= 15 is 0 Å². The fourth-order valence-electron chi connectivity index (χ4n) is 1.29. The summed E-state index contributed by atoms with van der Waals surface area (Å²) in [5, 5.41) is 12.8. The van der Waals surface area contributed by atoms with Crippen LogP contribution in [0.1, 0.15) is 22.3 Å². The molecule has 0 aliphatic heterocycles. The van der Waals surface area contributed by atoms with Crippen molar-refractivity contribution in [3.63, 3.8) is 0 Å². The molecule has 0 amide bonds. The lowest BCUT2D eigenvalue weighted by atomic mass is 10.1. The minimum atomic E-state index is -0.0324. The summed E-state index contributed by atoms with van der Waals surface area (Å²) >= 11 is 0. The van der Waals surface area contributed by atoms with Crippen LogP contribution in [-0.4, -0.2) is 32.1 Å². The highest BCUT2D eigenvalue weighted by Gasteiger charge is 2.08. The predicted octanol–water partition coefficient (Wildman–Crippen LogP) is 1.17. The standard InChI is InChI=1S/C13H15NO3/c1-14-6-4-3-5-11-7-10(9-15)8-12(17-2)13(11)16/h7-9,14,16H,4,6H2,1-2H3. The van der Waals surface area contributed by atoms with Crippen molar-refractivity contribution in [2.75, 3.05) is 20.7 Å². The number of carbonyl (C=O) groups excluding carboxylic acids is 1. The van der Waals surface area contributed by atoms with Crippen molar-refractivity contribution in [2.45, 2.75) is 6.42 Å². The molecule has 0 fully saturated rings. The van der Waals surface area contributed by atoms with Crippen molar-refractivity contribution in [2.24, 2.45) is 0 Å². The van der Waals surface area contributed by atoms with Gasteiger partial charge >= 0.3 is 0 Å². The van der Waals surface area contributed by atoms with Crippen LogP contribution in [0.5, 0.6) is 11.5 Å². The van der Waals surface area contributed by atoms with Gasteiger partial charge in [-0.2, -0.15) is 0 Å². The molecule has 1 aromatic carbocycles.